The van der Waals surface area contributed by atoms with Crippen molar-refractivity contribution in [2.24, 2.45) is 9.98 Å². The van der Waals surface area contributed by atoms with Crippen LogP contribution in [0.15, 0.2) is 46.5 Å². The Hall–Kier alpha value is -1.52. The van der Waals surface area contributed by atoms with Gasteiger partial charge in [-0.15, -0.1) is 11.8 Å². The van der Waals surface area contributed by atoms with Crippen molar-refractivity contribution in [3.8, 4) is 0 Å². The minimum absolute atomic E-state index is 0.599. The van der Waals surface area contributed by atoms with E-state index in [1.54, 1.807) is 11.8 Å². The molecule has 0 radical (unpaired) electrons. The number of hydrogen-bond acceptors (Lipinski definition) is 3. The summed E-state index contributed by atoms with van der Waals surface area (Å²) < 4.78 is 0. The largest absolute Gasteiger partial charge is 0.360 e. The van der Waals surface area contributed by atoms with E-state index in [1.165, 1.54) is 0 Å². The minimum atomic E-state index is 0.599. The molecule has 0 saturated carbocycles. The zero-order valence-electron chi connectivity index (χ0n) is 10.4. The van der Waals surface area contributed by atoms with Crippen LogP contribution in [-0.2, 0) is 0 Å². The summed E-state index contributed by atoms with van der Waals surface area (Å²) >= 11 is 7.73. The summed E-state index contributed by atoms with van der Waals surface area (Å²) in [7, 11) is 0. The van der Waals surface area contributed by atoms with Gasteiger partial charge in [-0.1, -0.05) is 11.6 Å². The zero-order chi connectivity index (χ0) is 13.2. The highest BCUT2D eigenvalue weighted by atomic mass is 35.5. The predicted molar refractivity (Wildman–Crippen MR) is 83.4 cm³/mol. The van der Waals surface area contributed by atoms with Gasteiger partial charge in [0.05, 0.1) is 28.7 Å². The average molecular weight is 290 g/mol. The predicted octanol–water partition coefficient (Wildman–Crippen LogP) is 3.91. The Kier molecular flexibility index (Phi) is 3.44. The van der Waals surface area contributed by atoms with Gasteiger partial charge in [0.1, 0.15) is 0 Å². The standard InChI is InChI=1S/C14H12ClN3S/c1-19-13-8-17-14(12-3-2-6-16-12)10-7-9(15)4-5-11(10)18-13/h2-7,16H,8H2,1H3. The van der Waals surface area contributed by atoms with Crippen molar-refractivity contribution in [3.63, 3.8) is 0 Å². The number of aliphatic imine (C=N–C) groups is 2. The molecule has 96 valence electrons. The van der Waals surface area contributed by atoms with Crippen molar-refractivity contribution >= 4 is 39.8 Å². The van der Waals surface area contributed by atoms with Gasteiger partial charge in [-0.25, -0.2) is 4.99 Å². The third-order valence-electron chi connectivity index (χ3n) is 2.92. The lowest BCUT2D eigenvalue weighted by atomic mass is 10.1. The van der Waals surface area contributed by atoms with Gasteiger partial charge in [0.25, 0.3) is 0 Å². The molecule has 1 aliphatic rings. The van der Waals surface area contributed by atoms with E-state index in [9.17, 15) is 0 Å². The van der Waals surface area contributed by atoms with Crippen LogP contribution < -0.4 is 0 Å². The van der Waals surface area contributed by atoms with Crippen LogP contribution in [0, 0.1) is 0 Å². The number of aromatic amines is 1. The van der Waals surface area contributed by atoms with Gasteiger partial charge in [-0.3, -0.25) is 4.99 Å². The molecule has 1 aromatic carbocycles. The van der Waals surface area contributed by atoms with Crippen LogP contribution in [0.3, 0.4) is 0 Å². The van der Waals surface area contributed by atoms with Gasteiger partial charge in [-0.2, -0.15) is 0 Å². The lowest BCUT2D eigenvalue weighted by Gasteiger charge is -2.06. The second-order valence-electron chi connectivity index (χ2n) is 4.12. The van der Waals surface area contributed by atoms with Gasteiger partial charge >= 0.3 is 0 Å². The Morgan fingerprint density at radius 3 is 2.95 bits per heavy atom. The molecule has 0 amide bonds. The first-order valence-electron chi connectivity index (χ1n) is 5.87. The van der Waals surface area contributed by atoms with Crippen molar-refractivity contribution in [1.29, 1.82) is 0 Å². The van der Waals surface area contributed by atoms with Crippen LogP contribution in [0.25, 0.3) is 0 Å². The van der Waals surface area contributed by atoms with E-state index in [0.717, 1.165) is 27.7 Å². The summed E-state index contributed by atoms with van der Waals surface area (Å²) in [6.45, 7) is 0.599. The van der Waals surface area contributed by atoms with E-state index in [0.29, 0.717) is 11.6 Å². The Morgan fingerprint density at radius 2 is 2.21 bits per heavy atom. The van der Waals surface area contributed by atoms with Crippen LogP contribution in [-0.4, -0.2) is 28.5 Å². The first-order chi connectivity index (χ1) is 9.28. The van der Waals surface area contributed by atoms with E-state index in [4.69, 9.17) is 11.6 Å². The lowest BCUT2D eigenvalue weighted by molar-refractivity contribution is 1.29. The molecule has 1 N–H and O–H groups in total. The minimum Gasteiger partial charge on any atom is -0.360 e. The number of rotatable bonds is 1. The second kappa shape index (κ2) is 5.23. The summed E-state index contributed by atoms with van der Waals surface area (Å²) in [5.41, 5.74) is 3.79. The van der Waals surface area contributed by atoms with Crippen molar-refractivity contribution < 1.29 is 0 Å². The quantitative estimate of drug-likeness (QED) is 0.849. The number of nitrogens with zero attached hydrogens (tertiary/aromatic N) is 2. The molecule has 0 atom stereocenters. The van der Waals surface area contributed by atoms with Gasteiger partial charge in [-0.05, 0) is 36.6 Å². The van der Waals surface area contributed by atoms with E-state index in [2.05, 4.69) is 15.0 Å². The SMILES string of the molecule is CSC1=Nc2ccc(Cl)cc2C(c2ccc[nH]2)=NC1. The Labute approximate surface area is 120 Å². The number of hydrogen-bond donors (Lipinski definition) is 1. The van der Waals surface area contributed by atoms with Gasteiger partial charge in [0.2, 0.25) is 0 Å². The number of aromatic nitrogens is 1. The normalized spacial score (nSPS) is 14.4. The topological polar surface area (TPSA) is 40.5 Å². The highest BCUT2D eigenvalue weighted by Crippen LogP contribution is 2.29. The summed E-state index contributed by atoms with van der Waals surface area (Å²) in [6.07, 6.45) is 3.91. The maximum absolute atomic E-state index is 6.11. The molecular weight excluding hydrogens is 278 g/mol. The van der Waals surface area contributed by atoms with E-state index in [-0.39, 0.29) is 0 Å². The molecule has 3 nitrogen and oxygen atoms in total. The van der Waals surface area contributed by atoms with E-state index < -0.39 is 0 Å². The van der Waals surface area contributed by atoms with Crippen molar-refractivity contribution in [2.45, 2.75) is 0 Å². The molecule has 0 aliphatic carbocycles. The molecule has 2 heterocycles. The number of benzene rings is 1. The fourth-order valence-corrected chi connectivity index (χ4v) is 2.57. The molecule has 0 spiro atoms. The Morgan fingerprint density at radius 1 is 1.32 bits per heavy atom. The number of fused-ring (bicyclic) bond motifs is 1. The third-order valence-corrected chi connectivity index (χ3v) is 3.85. The van der Waals surface area contributed by atoms with Crippen molar-refractivity contribution in [1.82, 2.24) is 4.98 Å². The van der Waals surface area contributed by atoms with Crippen LogP contribution in [0.4, 0.5) is 5.69 Å². The fraction of sp³-hybridized carbons (Fsp3) is 0.143. The molecule has 5 heteroatoms. The highest BCUT2D eigenvalue weighted by Gasteiger charge is 2.16. The van der Waals surface area contributed by atoms with Crippen molar-refractivity contribution in [3.05, 3.63) is 52.8 Å². The first kappa shape index (κ1) is 12.5. The molecule has 0 bridgehead atoms. The number of H-pyrrole nitrogens is 1. The number of halogens is 1. The average Bonchev–Trinajstić information content (AvgIpc) is 2.87. The second-order valence-corrected chi connectivity index (χ2v) is 5.44. The van der Waals surface area contributed by atoms with Crippen molar-refractivity contribution in [2.75, 3.05) is 12.8 Å². The number of nitrogens with one attached hydrogen (secondary N) is 1. The summed E-state index contributed by atoms with van der Waals surface area (Å²) in [5.74, 6) is 0. The smallest absolute Gasteiger partial charge is 0.0951 e. The molecule has 2 aromatic rings. The van der Waals surface area contributed by atoms with Crippen LogP contribution >= 0.6 is 23.4 Å². The molecule has 1 aliphatic heterocycles. The van der Waals surface area contributed by atoms with Gasteiger partial charge in [0, 0.05) is 16.8 Å². The zero-order valence-corrected chi connectivity index (χ0v) is 11.9. The summed E-state index contributed by atoms with van der Waals surface area (Å²) in [5, 5.41) is 1.70. The monoisotopic (exact) mass is 289 g/mol. The third kappa shape index (κ3) is 2.46. The molecule has 3 rings (SSSR count). The molecule has 0 fully saturated rings. The van der Waals surface area contributed by atoms with Crippen LogP contribution in [0.2, 0.25) is 5.02 Å². The van der Waals surface area contributed by atoms with Gasteiger partial charge in [0.15, 0.2) is 0 Å². The van der Waals surface area contributed by atoms with E-state index >= 15 is 0 Å². The maximum Gasteiger partial charge on any atom is 0.0951 e. The molecule has 19 heavy (non-hydrogen) atoms. The summed E-state index contributed by atoms with van der Waals surface area (Å²) in [6, 6.07) is 9.69. The van der Waals surface area contributed by atoms with Crippen LogP contribution in [0.1, 0.15) is 11.3 Å². The summed E-state index contributed by atoms with van der Waals surface area (Å²) in [4.78, 5) is 12.5. The highest BCUT2D eigenvalue weighted by molar-refractivity contribution is 8.13. The van der Waals surface area contributed by atoms with Gasteiger partial charge < -0.3 is 4.98 Å². The molecule has 1 aromatic heterocycles. The number of thioether (sulfide) groups is 1. The molecular formula is C14H12ClN3S. The van der Waals surface area contributed by atoms with Crippen LogP contribution in [0.5, 0.6) is 0 Å². The fourth-order valence-electron chi connectivity index (χ4n) is 2.02. The Balaban J connectivity index is 2.19. The Bertz CT molecular complexity index is 659. The lowest BCUT2D eigenvalue weighted by Crippen LogP contribution is -2.05. The molecule has 0 saturated heterocycles. The maximum atomic E-state index is 6.11. The molecule has 0 unspecified atom stereocenters. The first-order valence-corrected chi connectivity index (χ1v) is 7.48. The van der Waals surface area contributed by atoms with E-state index in [1.807, 2.05) is 42.8 Å².